The van der Waals surface area contributed by atoms with Crippen LogP contribution in [0.4, 0.5) is 5.82 Å². The molecule has 0 spiro atoms. The van der Waals surface area contributed by atoms with Gasteiger partial charge in [-0.25, -0.2) is 4.98 Å². The van der Waals surface area contributed by atoms with E-state index in [2.05, 4.69) is 15.5 Å². The molecule has 30 heavy (non-hydrogen) atoms. The zero-order valence-electron chi connectivity index (χ0n) is 18.6. The van der Waals surface area contributed by atoms with Crippen molar-refractivity contribution in [3.05, 3.63) is 71.1 Å². The number of pyridine rings is 1. The van der Waals surface area contributed by atoms with Crippen LogP contribution >= 0.6 is 0 Å². The van der Waals surface area contributed by atoms with E-state index < -0.39 is 0 Å². The zero-order valence-corrected chi connectivity index (χ0v) is 18.6. The lowest BCUT2D eigenvalue weighted by molar-refractivity contribution is 0.0827. The molecule has 0 saturated carbocycles. The Kier molecular flexibility index (Phi) is 8.35. The summed E-state index contributed by atoms with van der Waals surface area (Å²) in [6, 6.07) is 9.59. The summed E-state index contributed by atoms with van der Waals surface area (Å²) < 4.78 is 5.31. The normalized spacial score (nSPS) is 12.2. The van der Waals surface area contributed by atoms with Gasteiger partial charge in [0.15, 0.2) is 0 Å². The fourth-order valence-electron chi connectivity index (χ4n) is 2.80. The van der Waals surface area contributed by atoms with Gasteiger partial charge in [0.05, 0.1) is 19.1 Å². The molecule has 6 heteroatoms. The van der Waals surface area contributed by atoms with Crippen LogP contribution in [0.5, 0.6) is 0 Å². The molecule has 0 radical (unpaired) electrons. The van der Waals surface area contributed by atoms with E-state index in [1.165, 1.54) is 0 Å². The summed E-state index contributed by atoms with van der Waals surface area (Å²) in [4.78, 5) is 18.1. The number of amides is 1. The number of ether oxygens (including phenoxy) is 1. The molecule has 0 unspecified atom stereocenters. The highest BCUT2D eigenvalue weighted by molar-refractivity contribution is 5.94. The predicted molar refractivity (Wildman–Crippen MR) is 124 cm³/mol. The average molecular weight is 407 g/mol. The van der Waals surface area contributed by atoms with Gasteiger partial charge < -0.3 is 9.64 Å². The third-order valence-corrected chi connectivity index (χ3v) is 4.68. The molecule has 6 nitrogen and oxygen atoms in total. The lowest BCUT2D eigenvalue weighted by Gasteiger charge is -2.11. The number of hydrogen-bond donors (Lipinski definition) is 1. The number of nitrogens with one attached hydrogen (secondary N) is 1. The van der Waals surface area contributed by atoms with Crippen LogP contribution in [0.2, 0.25) is 0 Å². The lowest BCUT2D eigenvalue weighted by Crippen LogP contribution is -2.21. The van der Waals surface area contributed by atoms with Crippen LogP contribution in [0.25, 0.3) is 11.1 Å². The van der Waals surface area contributed by atoms with Gasteiger partial charge in [-0.05, 0) is 61.7 Å². The molecule has 0 aliphatic rings. The second kappa shape index (κ2) is 11.0. The van der Waals surface area contributed by atoms with Crippen molar-refractivity contribution >= 4 is 17.9 Å². The monoisotopic (exact) mass is 406 g/mol. The van der Waals surface area contributed by atoms with Gasteiger partial charge in [-0.3, -0.25) is 10.2 Å². The van der Waals surface area contributed by atoms with Gasteiger partial charge in [0, 0.05) is 37.8 Å². The van der Waals surface area contributed by atoms with E-state index in [4.69, 9.17) is 4.74 Å². The number of benzene rings is 1. The number of allylic oxidation sites excluding steroid dienone is 3. The first-order valence-electron chi connectivity index (χ1n) is 9.81. The number of methoxy groups -OCH3 is 1. The lowest BCUT2D eigenvalue weighted by atomic mass is 10.0. The van der Waals surface area contributed by atoms with Crippen molar-refractivity contribution in [3.63, 3.8) is 0 Å². The van der Waals surface area contributed by atoms with Crippen molar-refractivity contribution in [2.24, 2.45) is 5.10 Å². The third-order valence-electron chi connectivity index (χ3n) is 4.68. The van der Waals surface area contributed by atoms with Gasteiger partial charge in [0.1, 0.15) is 5.82 Å². The van der Waals surface area contributed by atoms with Crippen LogP contribution in [0.1, 0.15) is 36.2 Å². The van der Waals surface area contributed by atoms with E-state index >= 15 is 0 Å². The number of aromatic nitrogens is 1. The number of rotatable bonds is 8. The minimum absolute atomic E-state index is 0.0131. The van der Waals surface area contributed by atoms with Gasteiger partial charge in [0.25, 0.3) is 5.91 Å². The molecule has 2 rings (SSSR count). The van der Waals surface area contributed by atoms with Crippen LogP contribution in [0.3, 0.4) is 0 Å². The molecular formula is C24H30N4O2. The molecule has 0 aliphatic carbocycles. The Morgan fingerprint density at radius 1 is 1.17 bits per heavy atom. The first-order valence-corrected chi connectivity index (χ1v) is 9.81. The van der Waals surface area contributed by atoms with E-state index in [-0.39, 0.29) is 5.91 Å². The van der Waals surface area contributed by atoms with Crippen molar-refractivity contribution < 1.29 is 9.53 Å². The fraction of sp³-hybridized carbons (Fsp3) is 0.292. The highest BCUT2D eigenvalue weighted by Gasteiger charge is 2.09. The Labute approximate surface area is 179 Å². The van der Waals surface area contributed by atoms with E-state index in [0.717, 1.165) is 28.0 Å². The molecule has 0 fully saturated rings. The van der Waals surface area contributed by atoms with E-state index in [1.807, 2.05) is 63.3 Å². The quantitative estimate of drug-likeness (QED) is 0.379. The number of aryl methyl sites for hydroxylation is 1. The van der Waals surface area contributed by atoms with Gasteiger partial charge >= 0.3 is 0 Å². The predicted octanol–water partition coefficient (Wildman–Crippen LogP) is 5.04. The summed E-state index contributed by atoms with van der Waals surface area (Å²) in [5, 5.41) is 4.31. The summed E-state index contributed by atoms with van der Waals surface area (Å²) >= 11 is 0. The number of carbonyl (C=O) groups is 1. The smallest absolute Gasteiger partial charge is 0.253 e. The Balaban J connectivity index is 2.09. The standard InChI is InChI=1S/C24H30N4O2/c1-7-18(14-22(8-2)30-6)15-26-27-23-17(3)13-21(16-25-23)19-9-11-20(12-10-19)24(29)28(4)5/h7-13,15-16H,14H2,1-6H3,(H,25,27)/b18-7+,22-8+,26-15+. The van der Waals surface area contributed by atoms with Gasteiger partial charge in [0.2, 0.25) is 0 Å². The second-order valence-electron chi connectivity index (χ2n) is 7.04. The second-order valence-corrected chi connectivity index (χ2v) is 7.04. The van der Waals surface area contributed by atoms with Gasteiger partial charge in [-0.1, -0.05) is 18.2 Å². The SMILES string of the molecule is C/C=C(/C=N/Nc1ncc(-c2ccc(C(=O)N(C)C)cc2)cc1C)C/C(=C\C)OC. The fourth-order valence-corrected chi connectivity index (χ4v) is 2.80. The average Bonchev–Trinajstić information content (AvgIpc) is 2.76. The largest absolute Gasteiger partial charge is 0.501 e. The van der Waals surface area contributed by atoms with Crippen LogP contribution in [0.15, 0.2) is 65.1 Å². The summed E-state index contributed by atoms with van der Waals surface area (Å²) in [7, 11) is 5.16. The Morgan fingerprint density at radius 3 is 2.40 bits per heavy atom. The number of nitrogens with zero attached hydrogens (tertiary/aromatic N) is 3. The molecule has 158 valence electrons. The summed E-state index contributed by atoms with van der Waals surface area (Å²) in [6.45, 7) is 5.90. The Hall–Kier alpha value is -3.41. The number of hydrazone groups is 1. The Bertz CT molecular complexity index is 958. The summed E-state index contributed by atoms with van der Waals surface area (Å²) in [5.41, 5.74) is 7.68. The van der Waals surface area contributed by atoms with Crippen molar-refractivity contribution in [2.45, 2.75) is 27.2 Å². The van der Waals surface area contributed by atoms with Crippen LogP contribution in [-0.2, 0) is 4.74 Å². The van der Waals surface area contributed by atoms with Gasteiger partial charge in [-0.15, -0.1) is 0 Å². The topological polar surface area (TPSA) is 66.8 Å². The molecule has 1 amide bonds. The van der Waals surface area contributed by atoms with Gasteiger partial charge in [-0.2, -0.15) is 5.10 Å². The van der Waals surface area contributed by atoms with Crippen LogP contribution in [0, 0.1) is 6.92 Å². The molecular weight excluding hydrogens is 376 g/mol. The number of hydrogen-bond acceptors (Lipinski definition) is 5. The molecule has 1 aromatic heterocycles. The first-order chi connectivity index (χ1) is 14.4. The minimum atomic E-state index is -0.0131. The molecule has 2 aromatic rings. The van der Waals surface area contributed by atoms with Crippen molar-refractivity contribution in [1.82, 2.24) is 9.88 Å². The third kappa shape index (κ3) is 6.04. The van der Waals surface area contributed by atoms with Crippen molar-refractivity contribution in [2.75, 3.05) is 26.6 Å². The van der Waals surface area contributed by atoms with Crippen molar-refractivity contribution in [3.8, 4) is 11.1 Å². The van der Waals surface area contributed by atoms with E-state index in [1.54, 1.807) is 38.5 Å². The summed E-state index contributed by atoms with van der Waals surface area (Å²) in [6.07, 6.45) is 8.21. The molecule has 0 atom stereocenters. The van der Waals surface area contributed by atoms with Crippen LogP contribution < -0.4 is 5.43 Å². The molecule has 0 bridgehead atoms. The molecule has 0 saturated heterocycles. The van der Waals surface area contributed by atoms with Crippen LogP contribution in [-0.4, -0.2) is 43.2 Å². The summed E-state index contributed by atoms with van der Waals surface area (Å²) in [5.74, 6) is 1.58. The molecule has 1 heterocycles. The maximum absolute atomic E-state index is 12.0. The highest BCUT2D eigenvalue weighted by atomic mass is 16.5. The zero-order chi connectivity index (χ0) is 22.1. The first kappa shape index (κ1) is 22.9. The number of carbonyl (C=O) groups excluding carboxylic acids is 1. The maximum atomic E-state index is 12.0. The number of anilines is 1. The highest BCUT2D eigenvalue weighted by Crippen LogP contribution is 2.23. The molecule has 0 aliphatic heterocycles. The maximum Gasteiger partial charge on any atom is 0.253 e. The molecule has 1 N–H and O–H groups in total. The minimum Gasteiger partial charge on any atom is -0.501 e. The van der Waals surface area contributed by atoms with E-state index in [0.29, 0.717) is 17.8 Å². The molecule has 1 aromatic carbocycles. The van der Waals surface area contributed by atoms with E-state index in [9.17, 15) is 4.79 Å². The van der Waals surface area contributed by atoms with Crippen molar-refractivity contribution in [1.29, 1.82) is 0 Å². The Morgan fingerprint density at radius 2 is 1.87 bits per heavy atom.